The molecule has 0 saturated carbocycles. The van der Waals surface area contributed by atoms with Gasteiger partial charge in [-0.15, -0.1) is 0 Å². The minimum atomic E-state index is -2.90. The van der Waals surface area contributed by atoms with Crippen molar-refractivity contribution in [2.45, 2.75) is 13.8 Å². The van der Waals surface area contributed by atoms with Crippen LogP contribution in [-0.4, -0.2) is 63.4 Å². The van der Waals surface area contributed by atoms with Gasteiger partial charge in [-0.25, -0.2) is 0 Å². The minimum absolute atomic E-state index is 0. The Hall–Kier alpha value is 1.64. The van der Waals surface area contributed by atoms with Gasteiger partial charge in [0.2, 0.25) is 0 Å². The Morgan fingerprint density at radius 1 is 0.923 bits per heavy atom. The smallest absolute Gasteiger partial charge is 0.799 e. The molecule has 0 aromatic carbocycles. The first-order chi connectivity index (χ1) is 5.12. The van der Waals surface area contributed by atoms with Crippen LogP contribution < -0.4 is 9.79 Å². The first-order valence-electron chi connectivity index (χ1n) is 3.67. The fourth-order valence-corrected chi connectivity index (χ4v) is 0. The molecular weight excluding hydrogens is 238 g/mol. The summed E-state index contributed by atoms with van der Waals surface area (Å²) in [6, 6.07) is 0. The zero-order valence-corrected chi connectivity index (χ0v) is 12.6. The summed E-state index contributed by atoms with van der Waals surface area (Å²) in [5.41, 5.74) is 0. The van der Waals surface area contributed by atoms with E-state index in [1.54, 1.807) is 13.8 Å². The molecule has 0 aromatic heterocycles. The molecule has 4 nitrogen and oxygen atoms in total. The summed E-state index contributed by atoms with van der Waals surface area (Å²) >= 11 is 0. The van der Waals surface area contributed by atoms with Gasteiger partial charge < -0.3 is 18.9 Å². The Morgan fingerprint density at radius 3 is 1.00 bits per heavy atom. The van der Waals surface area contributed by atoms with Crippen LogP contribution in [0.2, 0.25) is 0 Å². The molecule has 0 aliphatic heterocycles. The van der Waals surface area contributed by atoms with Crippen LogP contribution in [0.5, 0.6) is 0 Å². The fraction of sp³-hybridized carbons (Fsp3) is 1.00. The van der Waals surface area contributed by atoms with Crippen molar-refractivity contribution >= 4 is 52.5 Å². The molecule has 0 aromatic rings. The van der Waals surface area contributed by atoms with E-state index in [9.17, 15) is 18.9 Å². The van der Waals surface area contributed by atoms with Crippen LogP contribution in [-0.2, 0) is 9.13 Å². The van der Waals surface area contributed by atoms with Crippen LogP contribution >= 0.6 is 14.7 Å². The van der Waals surface area contributed by atoms with Gasteiger partial charge in [0.05, 0.1) is 0 Å². The van der Waals surface area contributed by atoms with Crippen molar-refractivity contribution in [2.24, 2.45) is 0 Å². The van der Waals surface area contributed by atoms with Crippen LogP contribution in [0.25, 0.3) is 0 Å². The van der Waals surface area contributed by atoms with E-state index in [1.807, 2.05) is 0 Å². The van der Waals surface area contributed by atoms with Crippen LogP contribution in [0.15, 0.2) is 0 Å². The summed E-state index contributed by atoms with van der Waals surface area (Å²) in [7, 11) is -5.79. The summed E-state index contributed by atoms with van der Waals surface area (Å²) in [5, 5.41) is 0. The van der Waals surface area contributed by atoms with E-state index in [-0.39, 0.29) is 50.1 Å². The zero-order chi connectivity index (χ0) is 10.4. The maximum absolute atomic E-state index is 10.0. The van der Waals surface area contributed by atoms with E-state index in [0.29, 0.717) is 0 Å². The van der Waals surface area contributed by atoms with E-state index in [0.717, 1.165) is 0 Å². The maximum atomic E-state index is 10.0. The fourth-order valence-electron chi connectivity index (χ4n) is 0. The van der Waals surface area contributed by atoms with Gasteiger partial charge in [-0.05, 0) is 25.7 Å². The van der Waals surface area contributed by atoms with Crippen molar-refractivity contribution in [1.82, 2.24) is 0 Å². The summed E-state index contributed by atoms with van der Waals surface area (Å²) in [6.45, 7) is 5.75. The molecule has 76 valence electrons. The molecule has 0 aliphatic carbocycles. The van der Waals surface area contributed by atoms with Gasteiger partial charge in [0.1, 0.15) is 0 Å². The maximum Gasteiger partial charge on any atom is 2.00 e. The second-order valence-corrected chi connectivity index (χ2v) is 7.98. The van der Waals surface area contributed by atoms with Gasteiger partial charge in [-0.3, -0.25) is 0 Å². The molecule has 0 spiro atoms. The summed E-state index contributed by atoms with van der Waals surface area (Å²) in [5.74, 6) is 0. The topological polar surface area (TPSA) is 80.3 Å². The van der Waals surface area contributed by atoms with Crippen molar-refractivity contribution < 1.29 is 18.9 Å². The first kappa shape index (κ1) is 20.1. The molecule has 7 heteroatoms. The van der Waals surface area contributed by atoms with Gasteiger partial charge in [0.25, 0.3) is 0 Å². The van der Waals surface area contributed by atoms with Crippen molar-refractivity contribution in [3.05, 3.63) is 0 Å². The van der Waals surface area contributed by atoms with Crippen molar-refractivity contribution in [3.63, 3.8) is 0 Å². The summed E-state index contributed by atoms with van der Waals surface area (Å²) in [6.07, 6.45) is 0.542. The predicted molar refractivity (Wildman–Crippen MR) is 53.9 cm³/mol. The van der Waals surface area contributed by atoms with Crippen LogP contribution in [0.3, 0.4) is 0 Å². The third-order valence-electron chi connectivity index (χ3n) is 1.15. The number of hydrogen-bond donors (Lipinski definition) is 0. The predicted octanol–water partition coefficient (Wildman–Crippen LogP) is 0.168. The Kier molecular flexibility index (Phi) is 13.8. The molecule has 2 atom stereocenters. The van der Waals surface area contributed by atoms with Crippen LogP contribution in [0.4, 0.5) is 0 Å². The average Bonchev–Trinajstić information content (AvgIpc) is 1.86. The second kappa shape index (κ2) is 8.91. The van der Waals surface area contributed by atoms with E-state index in [2.05, 4.69) is 0 Å². The normalized spacial score (nSPS) is 18.3. The zero-order valence-electron chi connectivity index (χ0n) is 8.65. The second-order valence-electron chi connectivity index (χ2n) is 2.66. The van der Waals surface area contributed by atoms with Gasteiger partial charge >= 0.3 is 37.7 Å². The molecule has 0 amide bonds. The Morgan fingerprint density at radius 2 is 1.00 bits per heavy atom. The van der Waals surface area contributed by atoms with Crippen molar-refractivity contribution in [2.75, 3.05) is 25.7 Å². The Labute approximate surface area is 110 Å². The monoisotopic (exact) mass is 254 g/mol. The Balaban J connectivity index is -0.000000143. The molecule has 0 radical (unpaired) electrons. The molecule has 0 N–H and O–H groups in total. The van der Waals surface area contributed by atoms with E-state index in [4.69, 9.17) is 0 Å². The van der Waals surface area contributed by atoms with Crippen LogP contribution in [0, 0.1) is 0 Å². The van der Waals surface area contributed by atoms with Gasteiger partial charge in [0, 0.05) is 14.7 Å². The largest absolute Gasteiger partial charge is 2.00 e. The molecule has 0 saturated heterocycles. The van der Waals surface area contributed by atoms with Gasteiger partial charge in [0.15, 0.2) is 0 Å². The summed E-state index contributed by atoms with van der Waals surface area (Å²) < 4.78 is 20.1. The first-order valence-corrected chi connectivity index (χ1v) is 8.19. The standard InChI is InChI=1S/2C3H9O2P.Ca/c2*1-3-6(2,4)5;/h2*3H2,1-2H3,(H,4,5);/q;;+2/p-2. The van der Waals surface area contributed by atoms with Gasteiger partial charge in [-0.2, -0.15) is 0 Å². The van der Waals surface area contributed by atoms with Crippen molar-refractivity contribution in [3.8, 4) is 0 Å². The van der Waals surface area contributed by atoms with Crippen molar-refractivity contribution in [1.29, 1.82) is 0 Å². The molecule has 0 aliphatic rings. The average molecular weight is 254 g/mol. The Bertz CT molecular complexity index is 173. The number of hydrogen-bond acceptors (Lipinski definition) is 4. The molecule has 0 bridgehead atoms. The summed E-state index contributed by atoms with van der Waals surface area (Å²) in [4.78, 5) is 20.1. The minimum Gasteiger partial charge on any atom is -0.799 e. The van der Waals surface area contributed by atoms with E-state index >= 15 is 0 Å². The number of rotatable bonds is 2. The van der Waals surface area contributed by atoms with Crippen LogP contribution in [0.1, 0.15) is 13.8 Å². The van der Waals surface area contributed by atoms with E-state index < -0.39 is 14.7 Å². The molecule has 0 heterocycles. The molecule has 2 unspecified atom stereocenters. The molecule has 0 fully saturated rings. The molecular formula is C6H16CaO4P2. The van der Waals surface area contributed by atoms with E-state index in [1.165, 1.54) is 13.3 Å². The van der Waals surface area contributed by atoms with Gasteiger partial charge in [-0.1, -0.05) is 13.8 Å². The third kappa shape index (κ3) is 31.7. The third-order valence-corrected chi connectivity index (χ3v) is 3.45. The molecule has 0 rings (SSSR count). The molecule has 13 heavy (non-hydrogen) atoms. The SMILES string of the molecule is CCP(C)(=O)[O-].CCP(C)(=O)[O-].[Ca+2]. The quantitative estimate of drug-likeness (QED) is 0.519.